The minimum atomic E-state index is -0.265. The molecule has 1 amide bonds. The van der Waals surface area contributed by atoms with Crippen LogP contribution in [0, 0.1) is 0 Å². The van der Waals surface area contributed by atoms with Crippen LogP contribution < -0.4 is 10.2 Å². The quantitative estimate of drug-likeness (QED) is 0.478. The third kappa shape index (κ3) is 5.82. The number of nitrogens with one attached hydrogen (secondary N) is 1. The molecule has 0 saturated heterocycles. The lowest BCUT2D eigenvalue weighted by Crippen LogP contribution is -2.24. The number of hydrogen-bond acceptors (Lipinski definition) is 3. The second kappa shape index (κ2) is 8.69. The van der Waals surface area contributed by atoms with E-state index in [1.807, 2.05) is 18.2 Å². The molecule has 0 fully saturated rings. The summed E-state index contributed by atoms with van der Waals surface area (Å²) in [6.45, 7) is 2.06. The van der Waals surface area contributed by atoms with Crippen molar-refractivity contribution in [3.8, 4) is 5.75 Å². The second-order valence-electron chi connectivity index (χ2n) is 3.71. The van der Waals surface area contributed by atoms with E-state index in [1.54, 1.807) is 12.3 Å². The van der Waals surface area contributed by atoms with E-state index < -0.39 is 0 Å². The fourth-order valence-electron chi connectivity index (χ4n) is 1.21. The first-order valence-corrected chi connectivity index (χ1v) is 6.71. The van der Waals surface area contributed by atoms with Crippen molar-refractivity contribution < 1.29 is 9.53 Å². The fourth-order valence-corrected chi connectivity index (χ4v) is 1.61. The van der Waals surface area contributed by atoms with E-state index in [2.05, 4.69) is 33.4 Å². The average Bonchev–Trinajstić information content (AvgIpc) is 2.37. The van der Waals surface area contributed by atoms with Crippen LogP contribution in [0.3, 0.4) is 0 Å². The van der Waals surface area contributed by atoms with Gasteiger partial charge in [0.15, 0.2) is 6.61 Å². The fraction of sp³-hybridized carbons (Fsp3) is 0.385. The van der Waals surface area contributed by atoms with Gasteiger partial charge in [-0.1, -0.05) is 25.5 Å². The van der Waals surface area contributed by atoms with Crippen molar-refractivity contribution in [3.05, 3.63) is 28.7 Å². The standard InChI is InChI=1S/C13H17BrN2O2/c1-2-3-6-9-15-16-13(17)10-18-12-8-5-4-7-11(12)14/h4-5,7-9H,2-3,6,10H2,1H3,(H,16,17)/b15-9-. The molecule has 0 saturated carbocycles. The number of carbonyl (C=O) groups is 1. The Labute approximate surface area is 116 Å². The Bertz CT molecular complexity index is 408. The first kappa shape index (κ1) is 14.7. The van der Waals surface area contributed by atoms with E-state index in [0.29, 0.717) is 5.75 Å². The lowest BCUT2D eigenvalue weighted by molar-refractivity contribution is -0.123. The van der Waals surface area contributed by atoms with Crippen LogP contribution in [-0.2, 0) is 4.79 Å². The van der Waals surface area contributed by atoms with Crippen LogP contribution in [0.1, 0.15) is 26.2 Å². The lowest BCUT2D eigenvalue weighted by atomic mass is 10.3. The number of halogens is 1. The van der Waals surface area contributed by atoms with E-state index >= 15 is 0 Å². The zero-order chi connectivity index (χ0) is 13.2. The van der Waals surface area contributed by atoms with Gasteiger partial charge in [-0.3, -0.25) is 4.79 Å². The first-order valence-electron chi connectivity index (χ1n) is 5.91. The molecule has 0 heterocycles. The van der Waals surface area contributed by atoms with Gasteiger partial charge in [-0.05, 0) is 40.9 Å². The molecule has 5 heteroatoms. The predicted octanol–water partition coefficient (Wildman–Crippen LogP) is 3.12. The van der Waals surface area contributed by atoms with Crippen LogP contribution in [0.4, 0.5) is 0 Å². The number of hydrazone groups is 1. The molecule has 18 heavy (non-hydrogen) atoms. The summed E-state index contributed by atoms with van der Waals surface area (Å²) in [5.74, 6) is 0.376. The summed E-state index contributed by atoms with van der Waals surface area (Å²) in [7, 11) is 0. The number of hydrogen-bond donors (Lipinski definition) is 1. The number of ether oxygens (including phenoxy) is 1. The molecule has 1 aromatic carbocycles. The zero-order valence-corrected chi connectivity index (χ0v) is 11.9. The van der Waals surface area contributed by atoms with Crippen molar-refractivity contribution in [3.63, 3.8) is 0 Å². The Morgan fingerprint density at radius 1 is 1.50 bits per heavy atom. The van der Waals surface area contributed by atoms with Crippen molar-refractivity contribution >= 4 is 28.1 Å². The van der Waals surface area contributed by atoms with E-state index in [-0.39, 0.29) is 12.5 Å². The van der Waals surface area contributed by atoms with Crippen molar-refractivity contribution in [2.45, 2.75) is 26.2 Å². The van der Waals surface area contributed by atoms with E-state index in [0.717, 1.165) is 23.7 Å². The van der Waals surface area contributed by atoms with Crippen LogP contribution in [0.25, 0.3) is 0 Å². The van der Waals surface area contributed by atoms with Crippen LogP contribution in [0.5, 0.6) is 5.75 Å². The number of nitrogens with zero attached hydrogens (tertiary/aromatic N) is 1. The van der Waals surface area contributed by atoms with E-state index in [9.17, 15) is 4.79 Å². The Hall–Kier alpha value is -1.36. The van der Waals surface area contributed by atoms with Crippen molar-refractivity contribution in [2.24, 2.45) is 5.10 Å². The van der Waals surface area contributed by atoms with Crippen LogP contribution in [-0.4, -0.2) is 18.7 Å². The number of rotatable bonds is 7. The SMILES string of the molecule is CCCC/C=N\NC(=O)COc1ccccc1Br. The van der Waals surface area contributed by atoms with Crippen LogP contribution in [0.2, 0.25) is 0 Å². The van der Waals surface area contributed by atoms with Crippen LogP contribution >= 0.6 is 15.9 Å². The number of carbonyl (C=O) groups excluding carboxylic acids is 1. The minimum absolute atomic E-state index is 0.0479. The summed E-state index contributed by atoms with van der Waals surface area (Å²) >= 11 is 3.34. The second-order valence-corrected chi connectivity index (χ2v) is 4.56. The third-order valence-corrected chi connectivity index (χ3v) is 2.82. The lowest BCUT2D eigenvalue weighted by Gasteiger charge is -2.06. The van der Waals surface area contributed by atoms with E-state index in [1.165, 1.54) is 0 Å². The molecule has 1 N–H and O–H groups in total. The Morgan fingerprint density at radius 3 is 3.00 bits per heavy atom. The summed E-state index contributed by atoms with van der Waals surface area (Å²) in [4.78, 5) is 11.4. The molecular formula is C13H17BrN2O2. The predicted molar refractivity (Wildman–Crippen MR) is 75.8 cm³/mol. The Kier molecular flexibility index (Phi) is 7.10. The number of para-hydroxylation sites is 1. The molecule has 0 atom stereocenters. The van der Waals surface area contributed by atoms with E-state index in [4.69, 9.17) is 4.74 Å². The van der Waals surface area contributed by atoms with Gasteiger partial charge < -0.3 is 4.74 Å². The molecule has 0 aliphatic heterocycles. The Balaban J connectivity index is 2.25. The van der Waals surface area contributed by atoms with Gasteiger partial charge in [0.05, 0.1) is 4.47 Å². The topological polar surface area (TPSA) is 50.7 Å². The largest absolute Gasteiger partial charge is 0.483 e. The molecule has 0 aromatic heterocycles. The van der Waals surface area contributed by atoms with Crippen molar-refractivity contribution in [1.82, 2.24) is 5.43 Å². The van der Waals surface area contributed by atoms with Gasteiger partial charge in [-0.2, -0.15) is 5.10 Å². The Morgan fingerprint density at radius 2 is 2.28 bits per heavy atom. The van der Waals surface area contributed by atoms with Gasteiger partial charge in [0.2, 0.25) is 0 Å². The van der Waals surface area contributed by atoms with Gasteiger partial charge in [-0.25, -0.2) is 5.43 Å². The average molecular weight is 313 g/mol. The van der Waals surface area contributed by atoms with Gasteiger partial charge >= 0.3 is 0 Å². The summed E-state index contributed by atoms with van der Waals surface area (Å²) in [6.07, 6.45) is 4.78. The minimum Gasteiger partial charge on any atom is -0.483 e. The smallest absolute Gasteiger partial charge is 0.277 e. The highest BCUT2D eigenvalue weighted by molar-refractivity contribution is 9.10. The van der Waals surface area contributed by atoms with Gasteiger partial charge in [0.25, 0.3) is 5.91 Å². The third-order valence-electron chi connectivity index (χ3n) is 2.16. The molecular weight excluding hydrogens is 296 g/mol. The highest BCUT2D eigenvalue weighted by Gasteiger charge is 2.03. The maximum absolute atomic E-state index is 11.4. The molecule has 0 unspecified atom stereocenters. The maximum atomic E-state index is 11.4. The van der Waals surface area contributed by atoms with Crippen LogP contribution in [0.15, 0.2) is 33.8 Å². The molecule has 98 valence electrons. The normalized spacial score (nSPS) is 10.6. The molecule has 0 aliphatic rings. The number of amides is 1. The molecule has 0 radical (unpaired) electrons. The van der Waals surface area contributed by atoms with Gasteiger partial charge in [0.1, 0.15) is 5.75 Å². The van der Waals surface area contributed by atoms with Crippen molar-refractivity contribution in [2.75, 3.05) is 6.61 Å². The molecule has 1 aromatic rings. The first-order chi connectivity index (χ1) is 8.74. The summed E-state index contributed by atoms with van der Waals surface area (Å²) < 4.78 is 6.17. The summed E-state index contributed by atoms with van der Waals surface area (Å²) in [5.41, 5.74) is 2.42. The summed E-state index contributed by atoms with van der Waals surface area (Å²) in [5, 5.41) is 3.83. The molecule has 4 nitrogen and oxygen atoms in total. The van der Waals surface area contributed by atoms with Gasteiger partial charge in [0, 0.05) is 6.21 Å². The number of unbranched alkanes of at least 4 members (excludes halogenated alkanes) is 2. The van der Waals surface area contributed by atoms with Crippen molar-refractivity contribution in [1.29, 1.82) is 0 Å². The molecule has 0 spiro atoms. The molecule has 0 aliphatic carbocycles. The monoisotopic (exact) mass is 312 g/mol. The molecule has 1 rings (SSSR count). The highest BCUT2D eigenvalue weighted by Crippen LogP contribution is 2.23. The number of benzene rings is 1. The maximum Gasteiger partial charge on any atom is 0.277 e. The zero-order valence-electron chi connectivity index (χ0n) is 10.4. The molecule has 0 bridgehead atoms. The van der Waals surface area contributed by atoms with Gasteiger partial charge in [-0.15, -0.1) is 0 Å². The summed E-state index contributed by atoms with van der Waals surface area (Å²) in [6, 6.07) is 7.38. The highest BCUT2D eigenvalue weighted by atomic mass is 79.9.